The molecular formula is C11HCl15SZn+2. The van der Waals surface area contributed by atoms with Crippen LogP contribution in [0, 0.1) is 0 Å². The van der Waals surface area contributed by atoms with Crippen LogP contribution < -0.4 is 0 Å². The Morgan fingerprint density at radius 2 is 0.500 bits per heavy atom. The van der Waals surface area contributed by atoms with Crippen molar-refractivity contribution >= 4 is 187 Å². The SMILES string of the molecule is Sc1c(C(Cl)(Cl)Cl)c(C(Cl)(Cl)Cl)c(C(Cl)(Cl)Cl)c(C(Cl)(Cl)Cl)c1C(Cl)(Cl)Cl.[Zn+2]. The van der Waals surface area contributed by atoms with Crippen LogP contribution >= 0.6 is 187 Å². The molecular weight excluding hydrogens is 761 g/mol. The first-order valence-electron chi connectivity index (χ1n) is 5.81. The molecule has 0 atom stereocenters. The van der Waals surface area contributed by atoms with Crippen molar-refractivity contribution in [2.75, 3.05) is 0 Å². The average molecular weight is 762 g/mol. The summed E-state index contributed by atoms with van der Waals surface area (Å²) < 4.78 is -11.6. The van der Waals surface area contributed by atoms with Gasteiger partial charge in [-0.2, -0.15) is 0 Å². The van der Waals surface area contributed by atoms with Crippen LogP contribution in [0.4, 0.5) is 0 Å². The average Bonchev–Trinajstić information content (AvgIpc) is 2.29. The zero-order valence-corrected chi connectivity index (χ0v) is 27.5. The molecule has 0 heterocycles. The molecule has 0 saturated heterocycles. The van der Waals surface area contributed by atoms with E-state index in [4.69, 9.17) is 174 Å². The second-order valence-electron chi connectivity index (χ2n) is 4.71. The van der Waals surface area contributed by atoms with Crippen LogP contribution in [0.25, 0.3) is 0 Å². The summed E-state index contributed by atoms with van der Waals surface area (Å²) >= 11 is 95.0. The van der Waals surface area contributed by atoms with E-state index >= 15 is 0 Å². The number of hydrogen-bond acceptors (Lipinski definition) is 1. The van der Waals surface area contributed by atoms with Gasteiger partial charge in [0.25, 0.3) is 0 Å². The Hall–Kier alpha value is 4.54. The zero-order valence-electron chi connectivity index (χ0n) is 12.3. The van der Waals surface area contributed by atoms with Crippen LogP contribution in [0.3, 0.4) is 0 Å². The van der Waals surface area contributed by atoms with E-state index in [1.165, 1.54) is 0 Å². The fraction of sp³-hybridized carbons (Fsp3) is 0.455. The van der Waals surface area contributed by atoms with Gasteiger partial charge < -0.3 is 0 Å². The summed E-state index contributed by atoms with van der Waals surface area (Å²) in [5.74, 6) is 0. The van der Waals surface area contributed by atoms with Crippen LogP contribution in [0.5, 0.6) is 0 Å². The number of thiol groups is 1. The number of benzene rings is 1. The maximum absolute atomic E-state index is 6.07. The maximum atomic E-state index is 6.07. The zero-order chi connectivity index (χ0) is 22.0. The molecule has 0 nitrogen and oxygen atoms in total. The second kappa shape index (κ2) is 10.7. The maximum Gasteiger partial charge on any atom is 2.00 e. The topological polar surface area (TPSA) is 0 Å². The first kappa shape index (κ1) is 32.5. The molecule has 28 heavy (non-hydrogen) atoms. The van der Waals surface area contributed by atoms with Gasteiger partial charge in [-0.25, -0.2) is 0 Å². The Kier molecular flexibility index (Phi) is 12.4. The molecule has 0 aliphatic carbocycles. The molecule has 17 heteroatoms. The van der Waals surface area contributed by atoms with Gasteiger partial charge in [0, 0.05) is 32.7 Å². The van der Waals surface area contributed by atoms with E-state index in [9.17, 15) is 0 Å². The van der Waals surface area contributed by atoms with Crippen molar-refractivity contribution in [2.24, 2.45) is 0 Å². The molecule has 0 aliphatic rings. The molecule has 0 fully saturated rings. The predicted molar refractivity (Wildman–Crippen MR) is 130 cm³/mol. The van der Waals surface area contributed by atoms with Gasteiger partial charge in [0.1, 0.15) is 0 Å². The third kappa shape index (κ3) is 7.78. The smallest absolute Gasteiger partial charge is 0.143 e. The van der Waals surface area contributed by atoms with E-state index in [0.29, 0.717) is 0 Å². The summed E-state index contributed by atoms with van der Waals surface area (Å²) in [6, 6.07) is 0. The summed E-state index contributed by atoms with van der Waals surface area (Å²) in [6.45, 7) is 0. The first-order valence-corrected chi connectivity index (χ1v) is 11.9. The standard InChI is InChI=1S/C11HCl15S.Zn/c12-7(13,14)1-2(8(15,16)17)4(10(21,22)23)6(27)5(11(24,25)26)3(1)9(18,19)20;/h27H;/q;+2. The molecule has 156 valence electrons. The molecule has 0 saturated carbocycles. The van der Waals surface area contributed by atoms with Gasteiger partial charge in [-0.15, -0.1) is 12.6 Å². The normalized spacial score (nSPS) is 14.1. The number of alkyl halides is 15. The molecule has 0 amide bonds. The van der Waals surface area contributed by atoms with E-state index in [2.05, 4.69) is 12.6 Å². The number of hydrogen-bond donors (Lipinski definition) is 1. The van der Waals surface area contributed by atoms with Crippen LogP contribution in [-0.2, 0) is 38.4 Å². The van der Waals surface area contributed by atoms with Gasteiger partial charge in [0.2, 0.25) is 19.0 Å². The van der Waals surface area contributed by atoms with E-state index in [1.54, 1.807) is 0 Å². The van der Waals surface area contributed by atoms with E-state index in [-0.39, 0.29) is 35.5 Å². The fourth-order valence-corrected chi connectivity index (χ4v) is 5.93. The summed E-state index contributed by atoms with van der Waals surface area (Å²) in [5, 5.41) is 0. The summed E-state index contributed by atoms with van der Waals surface area (Å²) in [7, 11) is 0. The van der Waals surface area contributed by atoms with Crippen LogP contribution in [0.15, 0.2) is 4.90 Å². The van der Waals surface area contributed by atoms with Gasteiger partial charge in [0.15, 0.2) is 0 Å². The number of halogens is 15. The van der Waals surface area contributed by atoms with Gasteiger partial charge in [-0.3, -0.25) is 0 Å². The molecule has 1 aromatic carbocycles. The quantitative estimate of drug-likeness (QED) is 0.152. The minimum absolute atomic E-state index is 0. The third-order valence-electron chi connectivity index (χ3n) is 2.89. The number of rotatable bonds is 0. The minimum Gasteiger partial charge on any atom is -0.143 e. The molecule has 0 unspecified atom stereocenters. The molecule has 1 aromatic rings. The summed E-state index contributed by atoms with van der Waals surface area (Å²) in [6.07, 6.45) is 0. The molecule has 0 bridgehead atoms. The summed E-state index contributed by atoms with van der Waals surface area (Å²) in [5.41, 5.74) is -2.01. The Morgan fingerprint density at radius 3 is 0.643 bits per heavy atom. The van der Waals surface area contributed by atoms with Crippen molar-refractivity contribution in [3.05, 3.63) is 27.8 Å². The van der Waals surface area contributed by atoms with Crippen molar-refractivity contribution < 1.29 is 19.5 Å². The fourth-order valence-electron chi connectivity index (χ4n) is 2.14. The largest absolute Gasteiger partial charge is 2.00 e. The second-order valence-corrected chi connectivity index (χ2v) is 16.6. The Balaban J connectivity index is 0.00000729. The molecule has 0 aliphatic heterocycles. The molecule has 0 spiro atoms. The Morgan fingerprint density at radius 1 is 0.357 bits per heavy atom. The van der Waals surface area contributed by atoms with Gasteiger partial charge in [-0.1, -0.05) is 174 Å². The monoisotopic (exact) mass is 753 g/mol. The summed E-state index contributed by atoms with van der Waals surface area (Å²) in [4.78, 5) is -0.268. The molecule has 0 radical (unpaired) electrons. The van der Waals surface area contributed by atoms with Crippen molar-refractivity contribution in [3.8, 4) is 0 Å². The van der Waals surface area contributed by atoms with Gasteiger partial charge >= 0.3 is 19.5 Å². The van der Waals surface area contributed by atoms with Crippen molar-refractivity contribution in [1.82, 2.24) is 0 Å². The van der Waals surface area contributed by atoms with Crippen molar-refractivity contribution in [3.63, 3.8) is 0 Å². The Bertz CT molecular complexity index is 678. The van der Waals surface area contributed by atoms with E-state index in [1.807, 2.05) is 0 Å². The first-order chi connectivity index (χ1) is 11.5. The predicted octanol–water partition coefficient (Wildman–Crippen LogP) is 11.1. The van der Waals surface area contributed by atoms with Crippen LogP contribution in [0.1, 0.15) is 27.8 Å². The van der Waals surface area contributed by atoms with Crippen molar-refractivity contribution in [1.29, 1.82) is 0 Å². The Labute approximate surface area is 254 Å². The third-order valence-corrected chi connectivity index (χ3v) is 6.17. The molecule has 0 N–H and O–H groups in total. The van der Waals surface area contributed by atoms with Gasteiger partial charge in [0.05, 0.1) is 0 Å². The molecule has 0 aromatic heterocycles. The van der Waals surface area contributed by atoms with E-state index in [0.717, 1.165) is 0 Å². The van der Waals surface area contributed by atoms with Crippen molar-refractivity contribution in [2.45, 2.75) is 23.9 Å². The van der Waals surface area contributed by atoms with Gasteiger partial charge in [-0.05, 0) is 0 Å². The van der Waals surface area contributed by atoms with Crippen LogP contribution in [-0.4, -0.2) is 0 Å². The minimum atomic E-state index is -2.38. The molecule has 1 rings (SSSR count). The van der Waals surface area contributed by atoms with Crippen LogP contribution in [0.2, 0.25) is 0 Å². The van der Waals surface area contributed by atoms with E-state index < -0.39 is 35.7 Å².